The fourth-order valence-electron chi connectivity index (χ4n) is 0.682. The topological polar surface area (TPSA) is 38.3 Å². The molecule has 1 amide bonds. The summed E-state index contributed by atoms with van der Waals surface area (Å²) in [5.41, 5.74) is 0. The van der Waals surface area contributed by atoms with E-state index >= 15 is 0 Å². The Kier molecular flexibility index (Phi) is 5.84. The molecule has 0 fully saturated rings. The maximum atomic E-state index is 10.8. The van der Waals surface area contributed by atoms with Gasteiger partial charge in [0, 0.05) is 13.7 Å². The number of hydrogen-bond acceptors (Lipinski definition) is 2. The maximum Gasteiger partial charge on any atom is 0.245 e. The largest absolute Gasteiger partial charge is 0.375 e. The number of carbonyl (C=O) groups excluding carboxylic acids is 1. The van der Waals surface area contributed by atoms with Crippen LogP contribution in [0.4, 0.5) is 0 Å². The van der Waals surface area contributed by atoms with E-state index in [0.717, 1.165) is 13.0 Å². The molecule has 1 N–H and O–H groups in total. The molecule has 0 aromatic carbocycles. The molecular weight excluding hydrogens is 142 g/mol. The van der Waals surface area contributed by atoms with E-state index in [0.29, 0.717) is 5.92 Å². The van der Waals surface area contributed by atoms with E-state index in [4.69, 9.17) is 0 Å². The van der Waals surface area contributed by atoms with E-state index in [2.05, 4.69) is 23.9 Å². The van der Waals surface area contributed by atoms with Gasteiger partial charge in [0.25, 0.3) is 0 Å². The Hall–Kier alpha value is -0.570. The van der Waals surface area contributed by atoms with E-state index in [-0.39, 0.29) is 12.5 Å². The fraction of sp³-hybridized carbons (Fsp3) is 0.875. The number of amides is 1. The minimum atomic E-state index is -0.0341. The first-order valence-corrected chi connectivity index (χ1v) is 3.92. The Balaban J connectivity index is 3.17. The molecule has 3 nitrogen and oxygen atoms in total. The van der Waals surface area contributed by atoms with E-state index in [1.54, 1.807) is 0 Å². The van der Waals surface area contributed by atoms with E-state index in [1.807, 2.05) is 0 Å². The summed E-state index contributed by atoms with van der Waals surface area (Å²) in [5.74, 6) is 0.603. The summed E-state index contributed by atoms with van der Waals surface area (Å²) in [4.78, 5) is 10.8. The summed E-state index contributed by atoms with van der Waals surface area (Å²) >= 11 is 0. The van der Waals surface area contributed by atoms with Gasteiger partial charge in [-0.1, -0.05) is 13.8 Å². The second kappa shape index (κ2) is 6.16. The molecule has 66 valence electrons. The average molecular weight is 159 g/mol. The summed E-state index contributed by atoms with van der Waals surface area (Å²) in [6.07, 6.45) is 1.02. The molecule has 0 aromatic heterocycles. The lowest BCUT2D eigenvalue weighted by Gasteiger charge is -2.05. The molecule has 0 bridgehead atoms. The fourth-order valence-corrected chi connectivity index (χ4v) is 0.682. The van der Waals surface area contributed by atoms with Crippen LogP contribution in [0.1, 0.15) is 20.3 Å². The van der Waals surface area contributed by atoms with Crippen LogP contribution in [-0.2, 0) is 9.53 Å². The van der Waals surface area contributed by atoms with Crippen molar-refractivity contribution in [1.82, 2.24) is 5.32 Å². The number of methoxy groups -OCH3 is 1. The van der Waals surface area contributed by atoms with Gasteiger partial charge in [-0.05, 0) is 12.3 Å². The number of hydrogen-bond donors (Lipinski definition) is 1. The highest BCUT2D eigenvalue weighted by atomic mass is 16.5. The highest BCUT2D eigenvalue weighted by molar-refractivity contribution is 5.77. The van der Waals surface area contributed by atoms with Crippen molar-refractivity contribution in [2.24, 2.45) is 5.92 Å². The first kappa shape index (κ1) is 10.4. The van der Waals surface area contributed by atoms with Crippen LogP contribution < -0.4 is 5.32 Å². The van der Waals surface area contributed by atoms with Gasteiger partial charge in [-0.15, -0.1) is 0 Å². The molecule has 0 unspecified atom stereocenters. The Labute approximate surface area is 68.1 Å². The minimum Gasteiger partial charge on any atom is -0.375 e. The van der Waals surface area contributed by atoms with Crippen molar-refractivity contribution in [1.29, 1.82) is 0 Å². The molecule has 0 radical (unpaired) electrons. The first-order valence-electron chi connectivity index (χ1n) is 3.92. The van der Waals surface area contributed by atoms with Crippen molar-refractivity contribution in [2.45, 2.75) is 20.3 Å². The molecule has 11 heavy (non-hydrogen) atoms. The predicted octanol–water partition coefficient (Wildman–Crippen LogP) is 0.795. The molecule has 0 saturated carbocycles. The second-order valence-electron chi connectivity index (χ2n) is 2.97. The summed E-state index contributed by atoms with van der Waals surface area (Å²) in [6, 6.07) is 0. The summed E-state index contributed by atoms with van der Waals surface area (Å²) in [7, 11) is 1.52. The molecule has 0 atom stereocenters. The van der Waals surface area contributed by atoms with Gasteiger partial charge in [0.15, 0.2) is 0 Å². The van der Waals surface area contributed by atoms with Gasteiger partial charge in [0.05, 0.1) is 0 Å². The summed E-state index contributed by atoms with van der Waals surface area (Å²) in [5, 5.41) is 2.75. The second-order valence-corrected chi connectivity index (χ2v) is 2.97. The maximum absolute atomic E-state index is 10.8. The zero-order valence-corrected chi connectivity index (χ0v) is 7.52. The molecule has 0 rings (SSSR count). The molecule has 0 aliphatic rings. The van der Waals surface area contributed by atoms with Crippen molar-refractivity contribution >= 4 is 5.91 Å². The standard InChI is InChI=1S/C8H17NO2/c1-7(2)4-5-9-8(10)6-11-3/h7H,4-6H2,1-3H3,(H,9,10). The lowest BCUT2D eigenvalue weighted by atomic mass is 10.1. The first-order chi connectivity index (χ1) is 5.16. The molecule has 0 saturated heterocycles. The Morgan fingerprint density at radius 2 is 2.18 bits per heavy atom. The van der Waals surface area contributed by atoms with Crippen molar-refractivity contribution in [3.63, 3.8) is 0 Å². The smallest absolute Gasteiger partial charge is 0.245 e. The van der Waals surface area contributed by atoms with Crippen LogP contribution in [0.15, 0.2) is 0 Å². The van der Waals surface area contributed by atoms with Crippen LogP contribution in [0.3, 0.4) is 0 Å². The molecule has 0 heterocycles. The molecule has 0 aromatic rings. The number of carbonyl (C=O) groups is 1. The van der Waals surface area contributed by atoms with Gasteiger partial charge in [0.2, 0.25) is 5.91 Å². The third-order valence-electron chi connectivity index (χ3n) is 1.32. The monoisotopic (exact) mass is 159 g/mol. The van der Waals surface area contributed by atoms with E-state index < -0.39 is 0 Å². The van der Waals surface area contributed by atoms with Crippen molar-refractivity contribution in [3.8, 4) is 0 Å². The predicted molar refractivity (Wildman–Crippen MR) is 44.3 cm³/mol. The SMILES string of the molecule is COCC(=O)NCCC(C)C. The normalized spacial score (nSPS) is 10.2. The van der Waals surface area contributed by atoms with Crippen LogP contribution >= 0.6 is 0 Å². The molecular formula is C8H17NO2. The number of nitrogens with one attached hydrogen (secondary N) is 1. The third-order valence-corrected chi connectivity index (χ3v) is 1.32. The third kappa shape index (κ3) is 7.33. The van der Waals surface area contributed by atoms with E-state index in [1.165, 1.54) is 7.11 Å². The van der Waals surface area contributed by atoms with Crippen molar-refractivity contribution in [2.75, 3.05) is 20.3 Å². The highest BCUT2D eigenvalue weighted by Crippen LogP contribution is 1.95. The average Bonchev–Trinajstić information content (AvgIpc) is 1.87. The van der Waals surface area contributed by atoms with Crippen molar-refractivity contribution in [3.05, 3.63) is 0 Å². The molecule has 0 aliphatic carbocycles. The summed E-state index contributed by atoms with van der Waals surface area (Å²) in [6.45, 7) is 5.17. The minimum absolute atomic E-state index is 0.0341. The van der Waals surface area contributed by atoms with Gasteiger partial charge in [-0.3, -0.25) is 4.79 Å². The summed E-state index contributed by atoms with van der Waals surface area (Å²) < 4.78 is 4.65. The Morgan fingerprint density at radius 1 is 1.55 bits per heavy atom. The van der Waals surface area contributed by atoms with Gasteiger partial charge in [-0.25, -0.2) is 0 Å². The van der Waals surface area contributed by atoms with Gasteiger partial charge in [0.1, 0.15) is 6.61 Å². The van der Waals surface area contributed by atoms with Crippen LogP contribution in [-0.4, -0.2) is 26.2 Å². The Morgan fingerprint density at radius 3 is 2.64 bits per heavy atom. The lowest BCUT2D eigenvalue weighted by molar-refractivity contribution is -0.124. The van der Waals surface area contributed by atoms with Crippen LogP contribution in [0.25, 0.3) is 0 Å². The van der Waals surface area contributed by atoms with Gasteiger partial charge < -0.3 is 10.1 Å². The van der Waals surface area contributed by atoms with Gasteiger partial charge >= 0.3 is 0 Å². The van der Waals surface area contributed by atoms with Crippen molar-refractivity contribution < 1.29 is 9.53 Å². The zero-order chi connectivity index (χ0) is 8.69. The Bertz CT molecular complexity index is 113. The quantitative estimate of drug-likeness (QED) is 0.644. The zero-order valence-electron chi connectivity index (χ0n) is 7.52. The van der Waals surface area contributed by atoms with E-state index in [9.17, 15) is 4.79 Å². The lowest BCUT2D eigenvalue weighted by Crippen LogP contribution is -2.28. The molecule has 0 aliphatic heterocycles. The van der Waals surface area contributed by atoms with Crippen LogP contribution in [0.5, 0.6) is 0 Å². The van der Waals surface area contributed by atoms with Gasteiger partial charge in [-0.2, -0.15) is 0 Å². The molecule has 3 heteroatoms. The number of ether oxygens (including phenoxy) is 1. The highest BCUT2D eigenvalue weighted by Gasteiger charge is 1.98. The van der Waals surface area contributed by atoms with Crippen LogP contribution in [0.2, 0.25) is 0 Å². The number of rotatable bonds is 5. The molecule has 0 spiro atoms. The van der Waals surface area contributed by atoms with Crippen LogP contribution in [0, 0.1) is 5.92 Å².